The van der Waals surface area contributed by atoms with E-state index in [0.29, 0.717) is 22.7 Å². The van der Waals surface area contributed by atoms with Gasteiger partial charge in [-0.15, -0.1) is 12.4 Å². The zero-order valence-electron chi connectivity index (χ0n) is 12.9. The molecule has 0 unspecified atom stereocenters. The molecule has 0 aliphatic carbocycles. The molecule has 0 aromatic carbocycles. The van der Waals surface area contributed by atoms with Crippen molar-refractivity contribution in [2.45, 2.75) is 18.9 Å². The van der Waals surface area contributed by atoms with Gasteiger partial charge in [-0.1, -0.05) is 11.6 Å². The van der Waals surface area contributed by atoms with Crippen molar-refractivity contribution in [3.63, 3.8) is 0 Å². The molecule has 3 N–H and O–H groups in total. The summed E-state index contributed by atoms with van der Waals surface area (Å²) in [4.78, 5) is 16.4. The van der Waals surface area contributed by atoms with Gasteiger partial charge in [0, 0.05) is 35.9 Å². The van der Waals surface area contributed by atoms with Crippen LogP contribution in [0.25, 0.3) is 22.3 Å². The van der Waals surface area contributed by atoms with Crippen LogP contribution < -0.4 is 10.6 Å². The normalized spacial score (nSPS) is 17.5. The first-order valence-corrected chi connectivity index (χ1v) is 8.11. The Morgan fingerprint density at radius 2 is 2.21 bits per heavy atom. The molecule has 6 nitrogen and oxygen atoms in total. The first kappa shape index (κ1) is 17.0. The molecule has 8 heteroatoms. The Bertz CT molecular complexity index is 828. The molecule has 1 aliphatic heterocycles. The second kappa shape index (κ2) is 7.34. The van der Waals surface area contributed by atoms with Gasteiger partial charge in [-0.2, -0.15) is 0 Å². The van der Waals surface area contributed by atoms with Gasteiger partial charge in [0.2, 0.25) is 5.95 Å². The molecule has 126 valence electrons. The van der Waals surface area contributed by atoms with Crippen LogP contribution in [0, 0.1) is 0 Å². The van der Waals surface area contributed by atoms with Crippen molar-refractivity contribution in [2.75, 3.05) is 18.4 Å². The second-order valence-electron chi connectivity index (χ2n) is 5.68. The fraction of sp³-hybridized carbons (Fsp3) is 0.312. The number of piperidine rings is 1. The summed E-state index contributed by atoms with van der Waals surface area (Å²) in [5.41, 5.74) is 2.47. The van der Waals surface area contributed by atoms with E-state index in [1.807, 2.05) is 18.3 Å². The van der Waals surface area contributed by atoms with E-state index in [1.165, 1.54) is 0 Å². The molecule has 3 aromatic heterocycles. The molecule has 0 amide bonds. The first-order chi connectivity index (χ1) is 11.3. The van der Waals surface area contributed by atoms with Gasteiger partial charge in [0.1, 0.15) is 5.65 Å². The minimum Gasteiger partial charge on any atom is -0.350 e. The van der Waals surface area contributed by atoms with Crippen LogP contribution in [0.15, 0.2) is 30.7 Å². The van der Waals surface area contributed by atoms with Crippen molar-refractivity contribution in [3.05, 3.63) is 35.7 Å². The minimum atomic E-state index is 0. The van der Waals surface area contributed by atoms with Crippen molar-refractivity contribution < 1.29 is 0 Å². The third-order valence-electron chi connectivity index (χ3n) is 4.08. The molecular weight excluding hydrogens is 347 g/mol. The number of nitrogens with zero attached hydrogens (tertiary/aromatic N) is 3. The van der Waals surface area contributed by atoms with E-state index in [-0.39, 0.29) is 12.4 Å². The highest BCUT2D eigenvalue weighted by atomic mass is 35.5. The van der Waals surface area contributed by atoms with Gasteiger partial charge in [-0.05, 0) is 31.5 Å². The van der Waals surface area contributed by atoms with Crippen LogP contribution in [0.4, 0.5) is 5.95 Å². The summed E-state index contributed by atoms with van der Waals surface area (Å²) in [7, 11) is 0. The third kappa shape index (κ3) is 3.31. The van der Waals surface area contributed by atoms with Gasteiger partial charge in [-0.3, -0.25) is 0 Å². The largest absolute Gasteiger partial charge is 0.350 e. The minimum absolute atomic E-state index is 0. The van der Waals surface area contributed by atoms with Crippen LogP contribution in [0.3, 0.4) is 0 Å². The fourth-order valence-electron chi connectivity index (χ4n) is 2.94. The quantitative estimate of drug-likeness (QED) is 0.664. The van der Waals surface area contributed by atoms with Gasteiger partial charge in [-0.25, -0.2) is 15.0 Å². The lowest BCUT2D eigenvalue weighted by atomic mass is 10.1. The molecule has 1 fully saturated rings. The topological polar surface area (TPSA) is 78.5 Å². The number of H-pyrrole nitrogens is 1. The number of hydrogen-bond acceptors (Lipinski definition) is 5. The Kier molecular flexibility index (Phi) is 5.18. The molecule has 4 heterocycles. The van der Waals surface area contributed by atoms with Crippen molar-refractivity contribution >= 4 is 41.0 Å². The van der Waals surface area contributed by atoms with E-state index in [2.05, 4.69) is 30.6 Å². The first-order valence-electron chi connectivity index (χ1n) is 7.73. The maximum atomic E-state index is 6.33. The van der Waals surface area contributed by atoms with Crippen LogP contribution in [0.2, 0.25) is 5.02 Å². The number of nitrogens with one attached hydrogen (secondary N) is 3. The lowest BCUT2D eigenvalue weighted by Crippen LogP contribution is -2.38. The standard InChI is InChI=1S/C16H17ClN6.ClH/c17-13-9-21-16(22-10-3-1-5-18-7-10)23-14(13)12-8-20-15-11(12)4-2-6-19-15;/h2,4,6,8-10,18H,1,3,5,7H2,(H,19,20)(H,21,22,23);1H/t10-;/m1./s1. The van der Waals surface area contributed by atoms with E-state index in [0.717, 1.165) is 42.5 Å². The van der Waals surface area contributed by atoms with Crippen molar-refractivity contribution in [1.29, 1.82) is 0 Å². The number of rotatable bonds is 3. The molecule has 0 spiro atoms. The Morgan fingerprint density at radius 1 is 1.29 bits per heavy atom. The average Bonchev–Trinajstić information content (AvgIpc) is 3.01. The molecule has 0 saturated carbocycles. The maximum absolute atomic E-state index is 6.33. The summed E-state index contributed by atoms with van der Waals surface area (Å²) in [6.45, 7) is 2.01. The lowest BCUT2D eigenvalue weighted by molar-refractivity contribution is 0.478. The van der Waals surface area contributed by atoms with E-state index in [9.17, 15) is 0 Å². The number of anilines is 1. The van der Waals surface area contributed by atoms with Gasteiger partial charge < -0.3 is 15.6 Å². The number of aromatic nitrogens is 4. The number of hydrogen-bond donors (Lipinski definition) is 3. The van der Waals surface area contributed by atoms with Gasteiger partial charge in [0.15, 0.2) is 0 Å². The Morgan fingerprint density at radius 3 is 3.04 bits per heavy atom. The van der Waals surface area contributed by atoms with E-state index in [1.54, 1.807) is 12.4 Å². The summed E-state index contributed by atoms with van der Waals surface area (Å²) in [6, 6.07) is 4.26. The maximum Gasteiger partial charge on any atom is 0.223 e. The third-order valence-corrected chi connectivity index (χ3v) is 4.36. The molecule has 3 aromatic rings. The predicted molar refractivity (Wildman–Crippen MR) is 98.9 cm³/mol. The molecule has 1 saturated heterocycles. The summed E-state index contributed by atoms with van der Waals surface area (Å²) >= 11 is 6.33. The Balaban J connectivity index is 0.00000169. The molecule has 1 aliphatic rings. The van der Waals surface area contributed by atoms with Gasteiger partial charge >= 0.3 is 0 Å². The monoisotopic (exact) mass is 364 g/mol. The Hall–Kier alpha value is -1.89. The fourth-order valence-corrected chi connectivity index (χ4v) is 3.13. The molecule has 0 radical (unpaired) electrons. The summed E-state index contributed by atoms with van der Waals surface area (Å²) < 4.78 is 0. The number of pyridine rings is 1. The summed E-state index contributed by atoms with van der Waals surface area (Å²) in [5, 5.41) is 8.29. The van der Waals surface area contributed by atoms with E-state index >= 15 is 0 Å². The highest BCUT2D eigenvalue weighted by molar-refractivity contribution is 6.33. The van der Waals surface area contributed by atoms with Crippen molar-refractivity contribution in [2.24, 2.45) is 0 Å². The van der Waals surface area contributed by atoms with E-state index < -0.39 is 0 Å². The molecule has 0 bridgehead atoms. The summed E-state index contributed by atoms with van der Waals surface area (Å²) in [5.74, 6) is 0.608. The lowest BCUT2D eigenvalue weighted by Gasteiger charge is -2.23. The Labute approximate surface area is 150 Å². The number of aromatic amines is 1. The average molecular weight is 365 g/mol. The molecule has 1 atom stereocenters. The van der Waals surface area contributed by atoms with Crippen LogP contribution in [-0.2, 0) is 0 Å². The summed E-state index contributed by atoms with van der Waals surface area (Å²) in [6.07, 6.45) is 7.57. The highest BCUT2D eigenvalue weighted by Crippen LogP contribution is 2.31. The van der Waals surface area contributed by atoms with E-state index in [4.69, 9.17) is 11.6 Å². The smallest absolute Gasteiger partial charge is 0.223 e. The van der Waals surface area contributed by atoms with Crippen LogP contribution in [0.5, 0.6) is 0 Å². The predicted octanol–water partition coefficient (Wildman–Crippen LogP) is 3.26. The SMILES string of the molecule is Cl.Clc1cnc(N[C@@H]2CCCNC2)nc1-c1c[nH]c2ncccc12. The molecular formula is C16H18Cl2N6. The van der Waals surface area contributed by atoms with Crippen LogP contribution >= 0.6 is 24.0 Å². The zero-order valence-corrected chi connectivity index (χ0v) is 14.5. The number of fused-ring (bicyclic) bond motifs is 1. The molecule has 4 rings (SSSR count). The number of halogens is 2. The highest BCUT2D eigenvalue weighted by Gasteiger charge is 2.16. The van der Waals surface area contributed by atoms with Crippen LogP contribution in [-0.4, -0.2) is 39.1 Å². The molecule has 24 heavy (non-hydrogen) atoms. The van der Waals surface area contributed by atoms with Crippen LogP contribution in [0.1, 0.15) is 12.8 Å². The van der Waals surface area contributed by atoms with Crippen molar-refractivity contribution in [3.8, 4) is 11.3 Å². The second-order valence-corrected chi connectivity index (χ2v) is 6.09. The van der Waals surface area contributed by atoms with Gasteiger partial charge in [0.05, 0.1) is 16.9 Å². The zero-order chi connectivity index (χ0) is 15.6. The van der Waals surface area contributed by atoms with Crippen molar-refractivity contribution in [1.82, 2.24) is 25.3 Å². The van der Waals surface area contributed by atoms with Gasteiger partial charge in [0.25, 0.3) is 0 Å².